The minimum Gasteiger partial charge on any atom is -0.490 e. The van der Waals surface area contributed by atoms with Crippen LogP contribution in [0.4, 0.5) is 26.3 Å². The van der Waals surface area contributed by atoms with Gasteiger partial charge in [-0.1, -0.05) is 6.07 Å². The first-order chi connectivity index (χ1) is 17.9. The second-order valence-corrected chi connectivity index (χ2v) is 9.24. The number of hydrogen-bond donors (Lipinski definition) is 1. The number of ether oxygens (including phenoxy) is 3. The third-order valence-electron chi connectivity index (χ3n) is 6.43. The summed E-state index contributed by atoms with van der Waals surface area (Å²) in [5.41, 5.74) is -1.65. The van der Waals surface area contributed by atoms with Crippen molar-refractivity contribution in [3.63, 3.8) is 0 Å². The summed E-state index contributed by atoms with van der Waals surface area (Å²) in [6, 6.07) is 6.95. The van der Waals surface area contributed by atoms with Crippen molar-refractivity contribution in [3.8, 4) is 11.5 Å². The predicted octanol–water partition coefficient (Wildman–Crippen LogP) is 7.33. The van der Waals surface area contributed by atoms with Gasteiger partial charge in [-0.15, -0.1) is 0 Å². The van der Waals surface area contributed by atoms with Crippen LogP contribution in [-0.2, 0) is 23.7 Å². The van der Waals surface area contributed by atoms with Crippen molar-refractivity contribution in [2.45, 2.75) is 82.5 Å². The molecule has 2 aromatic rings. The van der Waals surface area contributed by atoms with Gasteiger partial charge in [-0.3, -0.25) is 0 Å². The van der Waals surface area contributed by atoms with E-state index in [0.29, 0.717) is 0 Å². The summed E-state index contributed by atoms with van der Waals surface area (Å²) in [6.07, 6.45) is -2.27. The van der Waals surface area contributed by atoms with Crippen LogP contribution in [-0.4, -0.2) is 30.4 Å². The SMILES string of the molecule is COC(=O)c1ccc(OC2CCCC2)c(C(F)(F)F)c1.OCc1ccc(OC2CCCC2)c(C(F)(F)F)c1. The molecule has 4 rings (SSSR count). The minimum absolute atomic E-state index is 0.119. The van der Waals surface area contributed by atoms with Crippen LogP contribution in [0, 0.1) is 0 Å². The maximum atomic E-state index is 13.0. The van der Waals surface area contributed by atoms with Gasteiger partial charge in [-0.25, -0.2) is 4.79 Å². The quantitative estimate of drug-likeness (QED) is 0.303. The lowest BCUT2D eigenvalue weighted by molar-refractivity contribution is -0.140. The van der Waals surface area contributed by atoms with E-state index in [9.17, 15) is 31.1 Å². The summed E-state index contributed by atoms with van der Waals surface area (Å²) in [5, 5.41) is 8.89. The lowest BCUT2D eigenvalue weighted by Gasteiger charge is -2.18. The summed E-state index contributed by atoms with van der Waals surface area (Å²) in [6.45, 7) is -0.410. The fourth-order valence-electron chi connectivity index (χ4n) is 4.47. The van der Waals surface area contributed by atoms with Crippen LogP contribution >= 0.6 is 0 Å². The van der Waals surface area contributed by atoms with Crippen LogP contribution in [0.1, 0.15) is 78.4 Å². The van der Waals surface area contributed by atoms with Gasteiger partial charge in [0.1, 0.15) is 11.5 Å². The van der Waals surface area contributed by atoms with Crippen molar-refractivity contribution < 1.29 is 50.5 Å². The van der Waals surface area contributed by atoms with E-state index < -0.39 is 36.1 Å². The Kier molecular flexibility index (Phi) is 9.92. The van der Waals surface area contributed by atoms with Gasteiger partial charge in [0, 0.05) is 0 Å². The maximum Gasteiger partial charge on any atom is 0.419 e. The lowest BCUT2D eigenvalue weighted by atomic mass is 10.1. The van der Waals surface area contributed by atoms with Crippen LogP contribution in [0.25, 0.3) is 0 Å². The number of esters is 1. The molecule has 2 aliphatic rings. The van der Waals surface area contributed by atoms with Crippen molar-refractivity contribution >= 4 is 5.97 Å². The first-order valence-corrected chi connectivity index (χ1v) is 12.4. The van der Waals surface area contributed by atoms with Gasteiger partial charge in [0.15, 0.2) is 0 Å². The van der Waals surface area contributed by atoms with Gasteiger partial charge in [0.05, 0.1) is 42.6 Å². The summed E-state index contributed by atoms with van der Waals surface area (Å²) in [5.74, 6) is -1.16. The Bertz CT molecular complexity index is 1070. The summed E-state index contributed by atoms with van der Waals surface area (Å²) in [7, 11) is 1.12. The predicted molar refractivity (Wildman–Crippen MR) is 126 cm³/mol. The Morgan fingerprint density at radius 2 is 1.24 bits per heavy atom. The van der Waals surface area contributed by atoms with Crippen LogP contribution in [0.2, 0.25) is 0 Å². The van der Waals surface area contributed by atoms with Gasteiger partial charge in [0.2, 0.25) is 0 Å². The van der Waals surface area contributed by atoms with Gasteiger partial charge >= 0.3 is 18.3 Å². The summed E-state index contributed by atoms with van der Waals surface area (Å²) >= 11 is 0. The number of carbonyl (C=O) groups excluding carboxylic acids is 1. The molecule has 0 spiro atoms. The molecule has 5 nitrogen and oxygen atoms in total. The molecule has 38 heavy (non-hydrogen) atoms. The Morgan fingerprint density at radius 3 is 1.66 bits per heavy atom. The third-order valence-corrected chi connectivity index (χ3v) is 6.43. The number of halogens is 6. The van der Waals surface area contributed by atoms with E-state index in [-0.39, 0.29) is 34.8 Å². The van der Waals surface area contributed by atoms with E-state index in [1.165, 1.54) is 24.3 Å². The number of aliphatic hydroxyl groups excluding tert-OH is 1. The molecule has 11 heteroatoms. The fraction of sp³-hybridized carbons (Fsp3) is 0.519. The molecule has 2 fully saturated rings. The van der Waals surface area contributed by atoms with E-state index in [4.69, 9.17) is 14.6 Å². The molecule has 0 heterocycles. The van der Waals surface area contributed by atoms with Gasteiger partial charge in [-0.05, 0) is 87.3 Å². The maximum absolute atomic E-state index is 13.0. The van der Waals surface area contributed by atoms with E-state index in [0.717, 1.165) is 70.6 Å². The second-order valence-electron chi connectivity index (χ2n) is 9.24. The van der Waals surface area contributed by atoms with Crippen LogP contribution in [0.3, 0.4) is 0 Å². The van der Waals surface area contributed by atoms with Crippen LogP contribution in [0.15, 0.2) is 36.4 Å². The molecular weight excluding hydrogens is 518 g/mol. The standard InChI is InChI=1S/C14H15F3O3.C13H15F3O2/c1-19-13(18)9-6-7-12(11(8-9)14(15,16)17)20-10-4-2-3-5-10;14-13(15,16)11-7-9(8-17)5-6-12(11)18-10-3-1-2-4-10/h6-8,10H,2-5H2,1H3;5-7,10,17H,1-4,8H2. The molecule has 1 N–H and O–H groups in total. The average Bonchev–Trinajstić information content (AvgIpc) is 3.58. The van der Waals surface area contributed by atoms with E-state index in [1.807, 2.05) is 0 Å². The first-order valence-electron chi connectivity index (χ1n) is 12.4. The van der Waals surface area contributed by atoms with E-state index >= 15 is 0 Å². The fourth-order valence-corrected chi connectivity index (χ4v) is 4.47. The highest BCUT2D eigenvalue weighted by molar-refractivity contribution is 5.89. The molecule has 0 unspecified atom stereocenters. The Morgan fingerprint density at radius 1 is 0.789 bits per heavy atom. The highest BCUT2D eigenvalue weighted by atomic mass is 19.4. The molecule has 0 bridgehead atoms. The van der Waals surface area contributed by atoms with E-state index in [2.05, 4.69) is 4.74 Å². The molecule has 0 amide bonds. The van der Waals surface area contributed by atoms with Crippen LogP contribution in [0.5, 0.6) is 11.5 Å². The zero-order valence-corrected chi connectivity index (χ0v) is 20.8. The highest BCUT2D eigenvalue weighted by Crippen LogP contribution is 2.39. The first kappa shape index (κ1) is 29.6. The Balaban J connectivity index is 0.000000212. The van der Waals surface area contributed by atoms with Crippen molar-refractivity contribution in [2.24, 2.45) is 0 Å². The number of rotatable bonds is 6. The Hall–Kier alpha value is -2.95. The number of alkyl halides is 6. The normalized spacial score (nSPS) is 16.6. The zero-order chi connectivity index (χ0) is 27.9. The molecule has 2 aromatic carbocycles. The summed E-state index contributed by atoms with van der Waals surface area (Å²) in [4.78, 5) is 11.3. The molecular formula is C27H30F6O5. The molecule has 0 saturated heterocycles. The molecule has 0 aromatic heterocycles. The largest absolute Gasteiger partial charge is 0.490 e. The van der Waals surface area contributed by atoms with Crippen molar-refractivity contribution in [2.75, 3.05) is 7.11 Å². The number of methoxy groups -OCH3 is 1. The molecule has 2 aliphatic carbocycles. The van der Waals surface area contributed by atoms with Gasteiger partial charge in [0.25, 0.3) is 0 Å². The second kappa shape index (κ2) is 12.7. The topological polar surface area (TPSA) is 65.0 Å². The van der Waals surface area contributed by atoms with Gasteiger partial charge in [-0.2, -0.15) is 26.3 Å². The lowest BCUT2D eigenvalue weighted by Crippen LogP contribution is -2.16. The molecule has 210 valence electrons. The smallest absolute Gasteiger partial charge is 0.419 e. The number of benzene rings is 2. The van der Waals surface area contributed by atoms with Gasteiger partial charge < -0.3 is 19.3 Å². The molecule has 0 radical (unpaired) electrons. The number of hydrogen-bond acceptors (Lipinski definition) is 5. The molecule has 2 saturated carbocycles. The highest BCUT2D eigenvalue weighted by Gasteiger charge is 2.37. The third kappa shape index (κ3) is 8.02. The Labute approximate surface area is 216 Å². The monoisotopic (exact) mass is 548 g/mol. The van der Waals surface area contributed by atoms with E-state index in [1.54, 1.807) is 0 Å². The van der Waals surface area contributed by atoms with Crippen molar-refractivity contribution in [3.05, 3.63) is 58.7 Å². The summed E-state index contributed by atoms with van der Waals surface area (Å²) < 4.78 is 93.0. The average molecular weight is 549 g/mol. The zero-order valence-electron chi connectivity index (χ0n) is 20.8. The van der Waals surface area contributed by atoms with Crippen LogP contribution < -0.4 is 9.47 Å². The molecule has 0 atom stereocenters. The number of aliphatic hydroxyl groups is 1. The van der Waals surface area contributed by atoms with Crippen molar-refractivity contribution in [1.82, 2.24) is 0 Å². The molecule has 0 aliphatic heterocycles. The van der Waals surface area contributed by atoms with Crippen molar-refractivity contribution in [1.29, 1.82) is 0 Å². The number of carbonyl (C=O) groups is 1. The minimum atomic E-state index is -4.57.